The Morgan fingerprint density at radius 2 is 2.16 bits per heavy atom. The van der Waals surface area contributed by atoms with Crippen LogP contribution in [0.5, 0.6) is 0 Å². The van der Waals surface area contributed by atoms with Crippen molar-refractivity contribution in [2.24, 2.45) is 0 Å². The number of oxazole rings is 1. The van der Waals surface area contributed by atoms with Crippen molar-refractivity contribution in [1.29, 1.82) is 5.26 Å². The number of rotatable bonds is 4. The Morgan fingerprint density at radius 1 is 1.36 bits per heavy atom. The Labute approximate surface area is 157 Å². The second kappa shape index (κ2) is 7.30. The monoisotopic (exact) mass is 415 g/mol. The first kappa shape index (κ1) is 17.5. The molecule has 0 aliphatic heterocycles. The van der Waals surface area contributed by atoms with Crippen LogP contribution in [0.2, 0.25) is 0 Å². The molecule has 1 amide bonds. The van der Waals surface area contributed by atoms with Gasteiger partial charge in [-0.05, 0) is 76.9 Å². The smallest absolute Gasteiger partial charge is 0.235 e. The summed E-state index contributed by atoms with van der Waals surface area (Å²) in [7, 11) is 0. The van der Waals surface area contributed by atoms with Crippen LogP contribution >= 0.6 is 27.7 Å². The van der Waals surface area contributed by atoms with Crippen molar-refractivity contribution in [3.63, 3.8) is 0 Å². The number of nitrogens with zero attached hydrogens (tertiary/aromatic N) is 2. The second-order valence-corrected chi connectivity index (χ2v) is 7.19. The fourth-order valence-electron chi connectivity index (χ4n) is 2.54. The van der Waals surface area contributed by atoms with Gasteiger partial charge in [0.05, 0.1) is 11.4 Å². The Balaban J connectivity index is 1.95. The molecule has 3 rings (SSSR count). The minimum absolute atomic E-state index is 0.0779. The number of carbonyl (C=O) groups is 1. The van der Waals surface area contributed by atoms with Gasteiger partial charge in [-0.25, -0.2) is 4.98 Å². The van der Waals surface area contributed by atoms with Gasteiger partial charge in [0.2, 0.25) is 11.8 Å². The van der Waals surface area contributed by atoms with E-state index in [4.69, 9.17) is 9.68 Å². The van der Waals surface area contributed by atoms with Gasteiger partial charge in [-0.2, -0.15) is 5.26 Å². The summed E-state index contributed by atoms with van der Waals surface area (Å²) < 4.78 is 6.66. The maximum absolute atomic E-state index is 11.9. The van der Waals surface area contributed by atoms with Gasteiger partial charge >= 0.3 is 0 Å². The fourth-order valence-corrected chi connectivity index (χ4v) is 3.15. The molecule has 7 heteroatoms. The lowest BCUT2D eigenvalue weighted by Gasteiger charge is -2.07. The molecule has 0 saturated carbocycles. The van der Waals surface area contributed by atoms with Crippen molar-refractivity contribution in [2.45, 2.75) is 13.8 Å². The highest BCUT2D eigenvalue weighted by Crippen LogP contribution is 2.32. The first-order valence-corrected chi connectivity index (χ1v) is 9.24. The van der Waals surface area contributed by atoms with Crippen LogP contribution in [-0.2, 0) is 4.79 Å². The molecular formula is C18H14BrN3O2S. The number of thioether (sulfide) groups is 1. The lowest BCUT2D eigenvalue weighted by atomic mass is 10.1. The van der Waals surface area contributed by atoms with Crippen molar-refractivity contribution in [3.8, 4) is 16.9 Å². The van der Waals surface area contributed by atoms with Gasteiger partial charge in [-0.15, -0.1) is 0 Å². The average Bonchev–Trinajstić information content (AvgIpc) is 2.99. The molecule has 5 nitrogen and oxygen atoms in total. The fraction of sp³-hybridized carbons (Fsp3) is 0.167. The van der Waals surface area contributed by atoms with Crippen molar-refractivity contribution >= 4 is 50.4 Å². The van der Waals surface area contributed by atoms with Gasteiger partial charge in [0.25, 0.3) is 0 Å². The highest BCUT2D eigenvalue weighted by atomic mass is 79.9. The molecule has 1 heterocycles. The van der Waals surface area contributed by atoms with Gasteiger partial charge in [0.15, 0.2) is 5.58 Å². The summed E-state index contributed by atoms with van der Waals surface area (Å²) in [5.41, 5.74) is 5.11. The second-order valence-electron chi connectivity index (χ2n) is 5.57. The zero-order chi connectivity index (χ0) is 18.0. The van der Waals surface area contributed by atoms with Gasteiger partial charge in [-0.1, -0.05) is 6.07 Å². The molecule has 0 fully saturated rings. The first-order valence-electron chi connectivity index (χ1n) is 7.46. The van der Waals surface area contributed by atoms with Crippen molar-refractivity contribution in [1.82, 2.24) is 4.98 Å². The summed E-state index contributed by atoms with van der Waals surface area (Å²) in [5, 5.41) is 13.2. The molecule has 0 aliphatic carbocycles. The lowest BCUT2D eigenvalue weighted by Crippen LogP contribution is -2.14. The number of fused-ring (bicyclic) bond motifs is 1. The van der Waals surface area contributed by atoms with E-state index < -0.39 is 0 Å². The minimum atomic E-state index is -0.242. The van der Waals surface area contributed by atoms with Gasteiger partial charge < -0.3 is 9.73 Å². The zero-order valence-corrected chi connectivity index (χ0v) is 16.0. The van der Waals surface area contributed by atoms with E-state index in [1.54, 1.807) is 6.07 Å². The standard InChI is InChI=1S/C18H14BrN3O2S/c1-10-5-11(2)17-15(6-10)22-18(24-17)12-3-4-13(19)14(7-12)21-16(23)8-25-9-20/h3-7H,8H2,1-2H3,(H,21,23). The van der Waals surface area contributed by atoms with Crippen molar-refractivity contribution in [3.05, 3.63) is 45.9 Å². The number of anilines is 1. The summed E-state index contributed by atoms with van der Waals surface area (Å²) in [6.07, 6.45) is 0. The highest BCUT2D eigenvalue weighted by Gasteiger charge is 2.13. The minimum Gasteiger partial charge on any atom is -0.436 e. The van der Waals surface area contributed by atoms with E-state index in [1.807, 2.05) is 37.4 Å². The third-order valence-corrected chi connectivity index (χ3v) is 4.80. The van der Waals surface area contributed by atoms with Crippen LogP contribution < -0.4 is 5.32 Å². The zero-order valence-electron chi connectivity index (χ0n) is 13.6. The quantitative estimate of drug-likeness (QED) is 0.604. The predicted molar refractivity (Wildman–Crippen MR) is 103 cm³/mol. The molecule has 0 saturated heterocycles. The topological polar surface area (TPSA) is 78.9 Å². The number of aryl methyl sites for hydroxylation is 2. The number of carbonyl (C=O) groups excluding carboxylic acids is 1. The average molecular weight is 416 g/mol. The Hall–Kier alpha value is -2.30. The summed E-state index contributed by atoms with van der Waals surface area (Å²) in [5.74, 6) is 0.334. The molecule has 25 heavy (non-hydrogen) atoms. The van der Waals surface area contributed by atoms with Crippen LogP contribution in [0.3, 0.4) is 0 Å². The molecule has 0 radical (unpaired) electrons. The van der Waals surface area contributed by atoms with Crippen LogP contribution in [0, 0.1) is 24.5 Å². The number of hydrogen-bond donors (Lipinski definition) is 1. The molecule has 3 aromatic rings. The largest absolute Gasteiger partial charge is 0.436 e. The third-order valence-electron chi connectivity index (χ3n) is 3.58. The Kier molecular flexibility index (Phi) is 5.11. The third kappa shape index (κ3) is 3.86. The van der Waals surface area contributed by atoms with E-state index in [0.29, 0.717) is 11.6 Å². The Morgan fingerprint density at radius 3 is 2.92 bits per heavy atom. The number of nitriles is 1. The number of nitrogens with one attached hydrogen (secondary N) is 1. The summed E-state index contributed by atoms with van der Waals surface area (Å²) in [6.45, 7) is 4.01. The van der Waals surface area contributed by atoms with Crippen LogP contribution in [-0.4, -0.2) is 16.6 Å². The predicted octanol–water partition coefficient (Wildman–Crippen LogP) is 5.03. The lowest BCUT2D eigenvalue weighted by molar-refractivity contribution is -0.113. The molecule has 0 spiro atoms. The maximum atomic E-state index is 11.9. The number of halogens is 1. The number of benzene rings is 2. The van der Waals surface area contributed by atoms with E-state index in [9.17, 15) is 4.79 Å². The van der Waals surface area contributed by atoms with Crippen molar-refractivity contribution in [2.75, 3.05) is 11.1 Å². The summed E-state index contributed by atoms with van der Waals surface area (Å²) in [4.78, 5) is 16.4. The van der Waals surface area contributed by atoms with E-state index in [2.05, 4.69) is 32.3 Å². The number of hydrogen-bond acceptors (Lipinski definition) is 5. The van der Waals surface area contributed by atoms with Crippen LogP contribution in [0.15, 0.2) is 39.2 Å². The van der Waals surface area contributed by atoms with Crippen molar-refractivity contribution < 1.29 is 9.21 Å². The Bertz CT molecular complexity index is 1010. The molecule has 0 unspecified atom stereocenters. The number of aromatic nitrogens is 1. The van der Waals surface area contributed by atoms with Crippen LogP contribution in [0.1, 0.15) is 11.1 Å². The normalized spacial score (nSPS) is 10.6. The summed E-state index contributed by atoms with van der Waals surface area (Å²) >= 11 is 4.31. The van der Waals surface area contributed by atoms with E-state index in [1.165, 1.54) is 0 Å². The molecular weight excluding hydrogens is 402 g/mol. The highest BCUT2D eigenvalue weighted by molar-refractivity contribution is 9.10. The molecule has 0 atom stereocenters. The SMILES string of the molecule is Cc1cc(C)c2oc(-c3ccc(Br)c(NC(=O)CSC#N)c3)nc2c1. The maximum Gasteiger partial charge on any atom is 0.235 e. The van der Waals surface area contributed by atoms with E-state index in [0.717, 1.165) is 44.0 Å². The van der Waals surface area contributed by atoms with E-state index in [-0.39, 0.29) is 11.7 Å². The molecule has 0 bridgehead atoms. The van der Waals surface area contributed by atoms with Gasteiger partial charge in [0.1, 0.15) is 10.9 Å². The molecule has 1 N–H and O–H groups in total. The van der Waals surface area contributed by atoms with Gasteiger partial charge in [0, 0.05) is 10.0 Å². The number of thiocyanates is 1. The van der Waals surface area contributed by atoms with Crippen LogP contribution in [0.25, 0.3) is 22.6 Å². The van der Waals surface area contributed by atoms with Crippen LogP contribution in [0.4, 0.5) is 5.69 Å². The summed E-state index contributed by atoms with van der Waals surface area (Å²) in [6, 6.07) is 9.53. The van der Waals surface area contributed by atoms with E-state index >= 15 is 0 Å². The molecule has 1 aromatic heterocycles. The first-order chi connectivity index (χ1) is 12.0. The number of amides is 1. The van der Waals surface area contributed by atoms with Gasteiger partial charge in [-0.3, -0.25) is 4.79 Å². The molecule has 0 aliphatic rings. The molecule has 2 aromatic carbocycles. The molecule has 126 valence electrons.